The molecule has 2 heterocycles. The van der Waals surface area contributed by atoms with Gasteiger partial charge in [-0.25, -0.2) is 4.79 Å². The van der Waals surface area contributed by atoms with Crippen molar-refractivity contribution in [1.29, 1.82) is 0 Å². The number of carbonyl (C=O) groups excluding carboxylic acids is 3. The van der Waals surface area contributed by atoms with E-state index in [4.69, 9.17) is 51.2 Å². The summed E-state index contributed by atoms with van der Waals surface area (Å²) in [7, 11) is 3.08. The molecule has 0 aliphatic carbocycles. The number of rotatable bonds is 13. The summed E-state index contributed by atoms with van der Waals surface area (Å²) in [6.45, 7) is 0.689. The number of oxime groups is 1. The Hall–Kier alpha value is -2.97. The Labute approximate surface area is 308 Å². The molecule has 2 aliphatic rings. The monoisotopic (exact) mass is 781 g/mol. The summed E-state index contributed by atoms with van der Waals surface area (Å²) in [6, 6.07) is 9.52. The molecule has 274 valence electrons. The summed E-state index contributed by atoms with van der Waals surface area (Å²) >= 11 is 24.9. The highest BCUT2D eigenvalue weighted by Gasteiger charge is 2.36. The Morgan fingerprint density at radius 2 is 1.68 bits per heavy atom. The van der Waals surface area contributed by atoms with E-state index in [2.05, 4.69) is 14.8 Å². The molecule has 10 nitrogen and oxygen atoms in total. The average Bonchev–Trinajstić information content (AvgIpc) is 3.05. The van der Waals surface area contributed by atoms with E-state index in [1.165, 1.54) is 16.9 Å². The molecule has 0 aromatic heterocycles. The minimum absolute atomic E-state index is 0.0797. The van der Waals surface area contributed by atoms with E-state index in [1.54, 1.807) is 42.3 Å². The average molecular weight is 784 g/mol. The number of alkyl halides is 3. The first-order valence-corrected chi connectivity index (χ1v) is 17.4. The fraction of sp³-hybridized carbons (Fsp3) is 0.515. The number of hydrogen-bond donors (Lipinski definition) is 0. The molecule has 2 aromatic rings. The van der Waals surface area contributed by atoms with Crippen LogP contribution in [-0.2, 0) is 14.4 Å². The molecule has 3 amide bonds. The van der Waals surface area contributed by atoms with Crippen LogP contribution in [0.2, 0.25) is 20.1 Å². The van der Waals surface area contributed by atoms with E-state index in [1.807, 2.05) is 6.07 Å². The minimum Gasteiger partial charge on any atom is -0.455 e. The molecule has 2 aliphatic heterocycles. The van der Waals surface area contributed by atoms with Gasteiger partial charge in [-0.05, 0) is 68.1 Å². The van der Waals surface area contributed by atoms with Gasteiger partial charge in [-0.3, -0.25) is 9.59 Å². The first-order valence-electron chi connectivity index (χ1n) is 15.9. The Morgan fingerprint density at radius 3 is 2.30 bits per heavy atom. The van der Waals surface area contributed by atoms with E-state index >= 15 is 0 Å². The van der Waals surface area contributed by atoms with Gasteiger partial charge in [0, 0.05) is 60.8 Å². The third kappa shape index (κ3) is 11.3. The van der Waals surface area contributed by atoms with Crippen molar-refractivity contribution in [2.75, 3.05) is 66.6 Å². The minimum atomic E-state index is -4.64. The van der Waals surface area contributed by atoms with Crippen LogP contribution in [0.5, 0.6) is 0 Å². The molecule has 1 atom stereocenters. The Bertz CT molecular complexity index is 1540. The van der Waals surface area contributed by atoms with E-state index in [9.17, 15) is 27.6 Å². The van der Waals surface area contributed by atoms with Crippen LogP contribution in [-0.4, -0.2) is 122 Å². The lowest BCUT2D eigenvalue weighted by molar-refractivity contribution is -0.186. The number of benzene rings is 2. The second kappa shape index (κ2) is 18.0. The summed E-state index contributed by atoms with van der Waals surface area (Å²) in [6.07, 6.45) is -2.11. The van der Waals surface area contributed by atoms with Gasteiger partial charge in [0.05, 0.1) is 22.3 Å². The van der Waals surface area contributed by atoms with Crippen LogP contribution < -0.4 is 0 Å². The van der Waals surface area contributed by atoms with E-state index in [0.29, 0.717) is 83.2 Å². The summed E-state index contributed by atoms with van der Waals surface area (Å²) < 4.78 is 41.6. The largest absolute Gasteiger partial charge is 0.455 e. The van der Waals surface area contributed by atoms with Crippen molar-refractivity contribution in [2.24, 2.45) is 5.16 Å². The summed E-state index contributed by atoms with van der Waals surface area (Å²) in [5.41, 5.74) is 1.74. The third-order valence-corrected chi connectivity index (χ3v) is 9.78. The fourth-order valence-electron chi connectivity index (χ4n) is 6.21. The molecule has 1 unspecified atom stereocenters. The second-order valence-electron chi connectivity index (χ2n) is 12.2. The number of urea groups is 1. The first-order chi connectivity index (χ1) is 23.6. The third-order valence-electron chi connectivity index (χ3n) is 8.60. The van der Waals surface area contributed by atoms with Crippen molar-refractivity contribution in [3.8, 4) is 0 Å². The number of nitrogens with zero attached hydrogens (tertiary/aromatic N) is 5. The van der Waals surface area contributed by atoms with Crippen molar-refractivity contribution in [3.63, 3.8) is 0 Å². The zero-order valence-corrected chi connectivity index (χ0v) is 30.6. The summed E-state index contributed by atoms with van der Waals surface area (Å²) in [5.74, 6) is -1.71. The van der Waals surface area contributed by atoms with Gasteiger partial charge in [-0.1, -0.05) is 57.6 Å². The maximum atomic E-state index is 13.3. The van der Waals surface area contributed by atoms with Gasteiger partial charge in [0.2, 0.25) is 0 Å². The van der Waals surface area contributed by atoms with E-state index in [0.717, 1.165) is 5.56 Å². The molecule has 0 N–H and O–H groups in total. The smallest absolute Gasteiger partial charge is 0.422 e. The zero-order chi connectivity index (χ0) is 36.6. The quantitative estimate of drug-likeness (QED) is 0.121. The van der Waals surface area contributed by atoms with Crippen molar-refractivity contribution in [2.45, 2.75) is 43.8 Å². The number of hydrogen-bond acceptors (Lipinski definition) is 7. The van der Waals surface area contributed by atoms with Crippen molar-refractivity contribution in [1.82, 2.24) is 19.6 Å². The lowest BCUT2D eigenvalue weighted by atomic mass is 9.89. The predicted molar refractivity (Wildman–Crippen MR) is 186 cm³/mol. The molecule has 0 saturated carbocycles. The second-order valence-corrected chi connectivity index (χ2v) is 13.9. The number of piperidine rings is 1. The molecule has 2 aromatic carbocycles. The van der Waals surface area contributed by atoms with Crippen LogP contribution in [0.25, 0.3) is 0 Å². The van der Waals surface area contributed by atoms with Crippen molar-refractivity contribution >= 4 is 70.0 Å². The van der Waals surface area contributed by atoms with Crippen LogP contribution in [0, 0.1) is 0 Å². The molecule has 0 bridgehead atoms. The van der Waals surface area contributed by atoms with Crippen molar-refractivity contribution < 1.29 is 37.1 Å². The lowest BCUT2D eigenvalue weighted by Gasteiger charge is -2.43. The molecule has 0 radical (unpaired) electrons. The van der Waals surface area contributed by atoms with E-state index in [-0.39, 0.29) is 37.0 Å². The van der Waals surface area contributed by atoms with Gasteiger partial charge in [-0.15, -0.1) is 0 Å². The number of ether oxygens (including phenoxy) is 1. The maximum absolute atomic E-state index is 13.3. The molecular formula is C33H38Cl4F3N5O5. The SMILES string of the molecule is CO/N=C(\CN(C)C(=O)c1cc(Cl)cc(Cl)c1)C(CCN1CCC(N2CCCN(CC(=O)OCC(F)(F)F)C2=O)CC1)c1ccc(Cl)c(Cl)c1. The standard InChI is InChI=1S/C33H38Cl4F3N5O5/c1-42(31(47)22-14-23(34)17-24(35)15-22)18-29(41-49-2)26(21-4-5-27(36)28(37)16-21)8-13-43-11-6-25(7-12-43)45-10-3-9-44(32(45)48)19-30(46)50-20-33(38,39)40/h4-5,14-17,25-26H,3,6-13,18-20H2,1-2H3/b41-29+. The van der Waals surface area contributed by atoms with E-state index < -0.39 is 25.3 Å². The van der Waals surface area contributed by atoms with Gasteiger partial charge in [0.1, 0.15) is 13.7 Å². The van der Waals surface area contributed by atoms with Crippen LogP contribution in [0.15, 0.2) is 41.6 Å². The normalized spacial score (nSPS) is 17.1. The predicted octanol–water partition coefficient (Wildman–Crippen LogP) is 7.25. The Kier molecular flexibility index (Phi) is 14.3. The molecule has 17 heteroatoms. The highest BCUT2D eigenvalue weighted by molar-refractivity contribution is 6.42. The highest BCUT2D eigenvalue weighted by Crippen LogP contribution is 2.31. The molecular weight excluding hydrogens is 745 g/mol. The van der Waals surface area contributed by atoms with Crippen LogP contribution >= 0.6 is 46.4 Å². The summed E-state index contributed by atoms with van der Waals surface area (Å²) in [4.78, 5) is 50.5. The number of esters is 1. The van der Waals surface area contributed by atoms with Gasteiger partial charge in [-0.2, -0.15) is 13.2 Å². The molecule has 2 saturated heterocycles. The van der Waals surface area contributed by atoms with Crippen LogP contribution in [0.3, 0.4) is 0 Å². The van der Waals surface area contributed by atoms with Crippen LogP contribution in [0.1, 0.15) is 47.5 Å². The first kappa shape index (κ1) is 39.8. The number of amides is 3. The highest BCUT2D eigenvalue weighted by atomic mass is 35.5. The molecule has 0 spiro atoms. The van der Waals surface area contributed by atoms with Crippen LogP contribution in [0.4, 0.5) is 18.0 Å². The lowest BCUT2D eigenvalue weighted by Crippen LogP contribution is -2.56. The number of halogens is 7. The maximum Gasteiger partial charge on any atom is 0.422 e. The molecule has 2 fully saturated rings. The Balaban J connectivity index is 1.40. The van der Waals surface area contributed by atoms with Gasteiger partial charge in [0.25, 0.3) is 5.91 Å². The Morgan fingerprint density at radius 1 is 1.00 bits per heavy atom. The number of likely N-dealkylation sites (tertiary alicyclic amines) is 1. The van der Waals surface area contributed by atoms with Gasteiger partial charge >= 0.3 is 18.2 Å². The molecule has 4 rings (SSSR count). The zero-order valence-electron chi connectivity index (χ0n) is 27.5. The number of carbonyl (C=O) groups is 3. The van der Waals surface area contributed by atoms with Crippen molar-refractivity contribution in [3.05, 3.63) is 67.6 Å². The summed E-state index contributed by atoms with van der Waals surface area (Å²) in [5, 5.41) is 5.79. The molecule has 50 heavy (non-hydrogen) atoms. The van der Waals surface area contributed by atoms with Gasteiger partial charge in [0.15, 0.2) is 6.61 Å². The van der Waals surface area contributed by atoms with Gasteiger partial charge < -0.3 is 29.2 Å². The topological polar surface area (TPSA) is 95.0 Å². The fourth-order valence-corrected chi connectivity index (χ4v) is 7.04.